The van der Waals surface area contributed by atoms with E-state index < -0.39 is 10.0 Å². The lowest BCUT2D eigenvalue weighted by molar-refractivity contribution is -0.133. The van der Waals surface area contributed by atoms with E-state index in [1.807, 2.05) is 24.3 Å². The number of sulfonamides is 1. The van der Waals surface area contributed by atoms with E-state index in [2.05, 4.69) is 19.0 Å². The maximum atomic E-state index is 13.1. The standard InChI is InChI=1S/C22H31N3O5S/c1-5-16(2)19-9-6-7-10-20(19)29-15-21(26)24-11-8-12-25(14-13-24)31(27,28)22-17(3)23-30-18(22)4/h6-7,9-10,16H,5,8,11-15H2,1-4H3. The third-order valence-electron chi connectivity index (χ3n) is 5.79. The lowest BCUT2D eigenvalue weighted by atomic mass is 9.98. The second-order valence-corrected chi connectivity index (χ2v) is 9.80. The van der Waals surface area contributed by atoms with Gasteiger partial charge in [-0.2, -0.15) is 4.31 Å². The van der Waals surface area contributed by atoms with Crippen LogP contribution in [0.3, 0.4) is 0 Å². The van der Waals surface area contributed by atoms with E-state index in [9.17, 15) is 13.2 Å². The van der Waals surface area contributed by atoms with Crippen LogP contribution in [0, 0.1) is 13.8 Å². The Kier molecular flexibility index (Phi) is 7.38. The monoisotopic (exact) mass is 449 g/mol. The van der Waals surface area contributed by atoms with Crippen molar-refractivity contribution in [1.29, 1.82) is 0 Å². The van der Waals surface area contributed by atoms with Crippen LogP contribution in [-0.4, -0.2) is 61.5 Å². The first-order valence-corrected chi connectivity index (χ1v) is 12.1. The number of aryl methyl sites for hydroxylation is 2. The quantitative estimate of drug-likeness (QED) is 0.645. The maximum absolute atomic E-state index is 13.1. The van der Waals surface area contributed by atoms with Gasteiger partial charge in [0.1, 0.15) is 16.3 Å². The highest BCUT2D eigenvalue weighted by Gasteiger charge is 2.33. The number of para-hydroxylation sites is 1. The average Bonchev–Trinajstić information content (AvgIpc) is 2.95. The van der Waals surface area contributed by atoms with Gasteiger partial charge in [-0.05, 0) is 44.2 Å². The molecule has 1 amide bonds. The van der Waals surface area contributed by atoms with Gasteiger partial charge in [0, 0.05) is 26.2 Å². The molecule has 170 valence electrons. The summed E-state index contributed by atoms with van der Waals surface area (Å²) >= 11 is 0. The summed E-state index contributed by atoms with van der Waals surface area (Å²) in [5, 5.41) is 3.76. The molecule has 1 aromatic heterocycles. The molecule has 31 heavy (non-hydrogen) atoms. The molecule has 2 heterocycles. The number of rotatable bonds is 7. The maximum Gasteiger partial charge on any atom is 0.260 e. The van der Waals surface area contributed by atoms with Crippen molar-refractivity contribution in [2.75, 3.05) is 32.8 Å². The minimum absolute atomic E-state index is 0.0654. The molecule has 1 unspecified atom stereocenters. The van der Waals surface area contributed by atoms with Crippen molar-refractivity contribution in [3.63, 3.8) is 0 Å². The van der Waals surface area contributed by atoms with E-state index >= 15 is 0 Å². The first-order valence-electron chi connectivity index (χ1n) is 10.7. The summed E-state index contributed by atoms with van der Waals surface area (Å²) < 4.78 is 38.4. The van der Waals surface area contributed by atoms with Crippen molar-refractivity contribution in [3.8, 4) is 5.75 Å². The van der Waals surface area contributed by atoms with Crippen LogP contribution in [0.2, 0.25) is 0 Å². The molecule has 1 aliphatic heterocycles. The zero-order chi connectivity index (χ0) is 22.6. The lowest BCUT2D eigenvalue weighted by Gasteiger charge is -2.22. The number of amides is 1. The van der Waals surface area contributed by atoms with Gasteiger partial charge >= 0.3 is 0 Å². The Balaban J connectivity index is 1.63. The molecule has 0 aliphatic carbocycles. The third kappa shape index (κ3) is 5.10. The smallest absolute Gasteiger partial charge is 0.260 e. The molecule has 3 rings (SSSR count). The molecule has 1 aliphatic rings. The van der Waals surface area contributed by atoms with Crippen LogP contribution in [-0.2, 0) is 14.8 Å². The van der Waals surface area contributed by atoms with Crippen LogP contribution in [0.25, 0.3) is 0 Å². The fourth-order valence-electron chi connectivity index (χ4n) is 3.83. The summed E-state index contributed by atoms with van der Waals surface area (Å²) in [5.74, 6) is 1.20. The van der Waals surface area contributed by atoms with Gasteiger partial charge in [-0.3, -0.25) is 4.79 Å². The Morgan fingerprint density at radius 3 is 2.61 bits per heavy atom. The molecule has 0 N–H and O–H groups in total. The zero-order valence-corrected chi connectivity index (χ0v) is 19.4. The molecule has 1 saturated heterocycles. The molecule has 1 fully saturated rings. The second-order valence-electron chi connectivity index (χ2n) is 7.93. The van der Waals surface area contributed by atoms with Crippen LogP contribution < -0.4 is 4.74 Å². The van der Waals surface area contributed by atoms with Crippen LogP contribution in [0.1, 0.15) is 49.6 Å². The van der Waals surface area contributed by atoms with Crippen LogP contribution in [0.5, 0.6) is 5.75 Å². The third-order valence-corrected chi connectivity index (χ3v) is 7.93. The predicted octanol–water partition coefficient (Wildman–Crippen LogP) is 3.11. The van der Waals surface area contributed by atoms with Crippen LogP contribution in [0.4, 0.5) is 0 Å². The van der Waals surface area contributed by atoms with Crippen molar-refractivity contribution < 1.29 is 22.5 Å². The number of benzene rings is 1. The first-order chi connectivity index (χ1) is 14.8. The van der Waals surface area contributed by atoms with E-state index in [1.165, 1.54) is 4.31 Å². The van der Waals surface area contributed by atoms with Crippen molar-refractivity contribution in [2.24, 2.45) is 0 Å². The first kappa shape index (κ1) is 23.3. The number of nitrogens with zero attached hydrogens (tertiary/aromatic N) is 3. The Bertz CT molecular complexity index is 998. The molecule has 0 bridgehead atoms. The SMILES string of the molecule is CCC(C)c1ccccc1OCC(=O)N1CCCN(S(=O)(=O)c2c(C)noc2C)CC1. The summed E-state index contributed by atoms with van der Waals surface area (Å²) in [7, 11) is -3.72. The van der Waals surface area contributed by atoms with E-state index in [-0.39, 0.29) is 29.7 Å². The topological polar surface area (TPSA) is 93.0 Å². The Labute approximate surface area is 184 Å². The zero-order valence-electron chi connectivity index (χ0n) is 18.6. The number of carbonyl (C=O) groups excluding carboxylic acids is 1. The van der Waals surface area contributed by atoms with Gasteiger partial charge in [-0.25, -0.2) is 8.42 Å². The van der Waals surface area contributed by atoms with Gasteiger partial charge in [0.15, 0.2) is 12.4 Å². The molecule has 8 nitrogen and oxygen atoms in total. The van der Waals surface area contributed by atoms with E-state index in [4.69, 9.17) is 9.26 Å². The Morgan fingerprint density at radius 1 is 1.19 bits per heavy atom. The molecule has 9 heteroatoms. The normalized spacial score (nSPS) is 16.7. The number of hydrogen-bond donors (Lipinski definition) is 0. The highest BCUT2D eigenvalue weighted by molar-refractivity contribution is 7.89. The second kappa shape index (κ2) is 9.82. The van der Waals surface area contributed by atoms with Gasteiger partial charge in [-0.1, -0.05) is 37.2 Å². The molecule has 0 radical (unpaired) electrons. The van der Waals surface area contributed by atoms with Crippen molar-refractivity contribution in [3.05, 3.63) is 41.3 Å². The Hall–Kier alpha value is -2.39. The summed E-state index contributed by atoms with van der Waals surface area (Å²) in [4.78, 5) is 14.6. The van der Waals surface area contributed by atoms with Gasteiger partial charge in [0.05, 0.1) is 0 Å². The Morgan fingerprint density at radius 2 is 1.94 bits per heavy atom. The number of carbonyl (C=O) groups is 1. The van der Waals surface area contributed by atoms with Crippen molar-refractivity contribution in [1.82, 2.24) is 14.4 Å². The summed E-state index contributed by atoms with van der Waals surface area (Å²) in [6.45, 7) is 8.76. The number of hydrogen-bond acceptors (Lipinski definition) is 6. The summed E-state index contributed by atoms with van der Waals surface area (Å²) in [5.41, 5.74) is 1.44. The fourth-order valence-corrected chi connectivity index (χ4v) is 5.59. The van der Waals surface area contributed by atoms with Gasteiger partial charge in [-0.15, -0.1) is 0 Å². The number of ether oxygens (including phenoxy) is 1. The molecule has 1 atom stereocenters. The minimum atomic E-state index is -3.72. The molecule has 0 spiro atoms. The van der Waals surface area contributed by atoms with Gasteiger partial charge in [0.2, 0.25) is 10.0 Å². The summed E-state index contributed by atoms with van der Waals surface area (Å²) in [6, 6.07) is 7.78. The fraction of sp³-hybridized carbons (Fsp3) is 0.545. The van der Waals surface area contributed by atoms with Crippen LogP contribution >= 0.6 is 0 Å². The molecule has 0 saturated carbocycles. The molecular formula is C22H31N3O5S. The van der Waals surface area contributed by atoms with Gasteiger partial charge < -0.3 is 14.2 Å². The highest BCUT2D eigenvalue weighted by atomic mass is 32.2. The van der Waals surface area contributed by atoms with Crippen molar-refractivity contribution >= 4 is 15.9 Å². The van der Waals surface area contributed by atoms with E-state index in [0.717, 1.165) is 17.7 Å². The lowest BCUT2D eigenvalue weighted by Crippen LogP contribution is -2.39. The van der Waals surface area contributed by atoms with Crippen molar-refractivity contribution in [2.45, 2.75) is 51.3 Å². The average molecular weight is 450 g/mol. The van der Waals surface area contributed by atoms with E-state index in [1.54, 1.807) is 18.7 Å². The molecular weight excluding hydrogens is 418 g/mol. The van der Waals surface area contributed by atoms with Crippen LogP contribution in [0.15, 0.2) is 33.7 Å². The molecule has 2 aromatic rings. The largest absolute Gasteiger partial charge is 0.483 e. The van der Waals surface area contributed by atoms with E-state index in [0.29, 0.717) is 37.7 Å². The highest BCUT2D eigenvalue weighted by Crippen LogP contribution is 2.28. The molecule has 1 aromatic carbocycles. The predicted molar refractivity (Wildman–Crippen MR) is 117 cm³/mol. The summed E-state index contributed by atoms with van der Waals surface area (Å²) in [6.07, 6.45) is 1.54. The van der Waals surface area contributed by atoms with Gasteiger partial charge in [0.25, 0.3) is 5.91 Å². The minimum Gasteiger partial charge on any atom is -0.483 e. The number of aromatic nitrogens is 1.